The summed E-state index contributed by atoms with van der Waals surface area (Å²) >= 11 is 0. The minimum absolute atomic E-state index is 1.10. The maximum Gasteiger partial charge on any atom is 0.0403 e. The van der Waals surface area contributed by atoms with Gasteiger partial charge in [0.05, 0.1) is 0 Å². The van der Waals surface area contributed by atoms with E-state index in [1.165, 1.54) is 24.1 Å². The van der Waals surface area contributed by atoms with Crippen LogP contribution in [-0.2, 0) is 12.8 Å². The molecule has 1 heterocycles. The van der Waals surface area contributed by atoms with Gasteiger partial charge in [-0.1, -0.05) is 32.8 Å². The number of hydrogen-bond acceptors (Lipinski definition) is 1. The molecule has 0 amide bonds. The summed E-state index contributed by atoms with van der Waals surface area (Å²) in [4.78, 5) is 4.39. The third-order valence-corrected chi connectivity index (χ3v) is 1.93. The van der Waals surface area contributed by atoms with Crippen molar-refractivity contribution >= 4 is 0 Å². The van der Waals surface area contributed by atoms with Crippen LogP contribution in [0.25, 0.3) is 0 Å². The third kappa shape index (κ3) is 2.65. The van der Waals surface area contributed by atoms with Gasteiger partial charge in [0.1, 0.15) is 0 Å². The number of aromatic nitrogens is 1. The van der Waals surface area contributed by atoms with E-state index in [1.807, 2.05) is 6.20 Å². The topological polar surface area (TPSA) is 12.9 Å². The van der Waals surface area contributed by atoms with Crippen molar-refractivity contribution in [2.24, 2.45) is 0 Å². The molecule has 0 unspecified atom stereocenters. The average molecular weight is 163 g/mol. The van der Waals surface area contributed by atoms with Gasteiger partial charge < -0.3 is 0 Å². The van der Waals surface area contributed by atoms with E-state index in [0.717, 1.165) is 12.8 Å². The van der Waals surface area contributed by atoms with Gasteiger partial charge in [0, 0.05) is 11.9 Å². The Kier molecular flexibility index (Phi) is 3.78. The molecule has 1 nitrogen and oxygen atoms in total. The Morgan fingerprint density at radius 3 is 2.33 bits per heavy atom. The summed E-state index contributed by atoms with van der Waals surface area (Å²) in [5, 5.41) is 0. The van der Waals surface area contributed by atoms with E-state index in [-0.39, 0.29) is 0 Å². The highest BCUT2D eigenvalue weighted by Crippen LogP contribution is 2.04. The van der Waals surface area contributed by atoms with Crippen molar-refractivity contribution in [3.63, 3.8) is 0 Å². The molecule has 66 valence electrons. The van der Waals surface area contributed by atoms with Crippen LogP contribution in [0.15, 0.2) is 18.3 Å². The molecule has 0 spiro atoms. The summed E-state index contributed by atoms with van der Waals surface area (Å²) in [7, 11) is 0. The minimum atomic E-state index is 1.10. The number of nitrogens with zero attached hydrogens (tertiary/aromatic N) is 1. The van der Waals surface area contributed by atoms with Crippen molar-refractivity contribution in [2.45, 2.75) is 39.5 Å². The third-order valence-electron chi connectivity index (χ3n) is 1.93. The lowest BCUT2D eigenvalue weighted by Crippen LogP contribution is -1.90. The summed E-state index contributed by atoms with van der Waals surface area (Å²) in [6, 6.07) is 4.34. The molecule has 1 aromatic heterocycles. The second kappa shape index (κ2) is 4.91. The summed E-state index contributed by atoms with van der Waals surface area (Å²) in [5.74, 6) is 0. The van der Waals surface area contributed by atoms with Crippen molar-refractivity contribution in [2.75, 3.05) is 0 Å². The Morgan fingerprint density at radius 2 is 1.83 bits per heavy atom. The fourth-order valence-electron chi connectivity index (χ4n) is 1.30. The Balaban J connectivity index is 2.58. The molecule has 1 heteroatoms. The minimum Gasteiger partial charge on any atom is -0.261 e. The first-order chi connectivity index (χ1) is 5.86. The normalized spacial score (nSPS) is 10.2. The van der Waals surface area contributed by atoms with Gasteiger partial charge in [-0.15, -0.1) is 0 Å². The molecule has 0 saturated carbocycles. The van der Waals surface area contributed by atoms with Crippen LogP contribution >= 0.6 is 0 Å². The second-order valence-corrected chi connectivity index (χ2v) is 3.16. The predicted octanol–water partition coefficient (Wildman–Crippen LogP) is 2.99. The van der Waals surface area contributed by atoms with Crippen molar-refractivity contribution in [1.82, 2.24) is 4.98 Å². The lowest BCUT2D eigenvalue weighted by Gasteiger charge is -2.00. The molecule has 0 aromatic carbocycles. The average Bonchev–Trinajstić information content (AvgIpc) is 2.09. The van der Waals surface area contributed by atoms with Crippen LogP contribution in [0.5, 0.6) is 0 Å². The van der Waals surface area contributed by atoms with E-state index in [9.17, 15) is 0 Å². The summed E-state index contributed by atoms with van der Waals surface area (Å²) in [6.07, 6.45) is 6.65. The Morgan fingerprint density at radius 1 is 1.08 bits per heavy atom. The van der Waals surface area contributed by atoms with Gasteiger partial charge in [-0.25, -0.2) is 0 Å². The molecule has 0 atom stereocenters. The first kappa shape index (κ1) is 9.24. The summed E-state index contributed by atoms with van der Waals surface area (Å²) in [6.45, 7) is 4.38. The highest BCUT2D eigenvalue weighted by atomic mass is 14.7. The smallest absolute Gasteiger partial charge is 0.0403 e. The molecule has 0 aliphatic rings. The van der Waals surface area contributed by atoms with Crippen molar-refractivity contribution < 1.29 is 0 Å². The first-order valence-corrected chi connectivity index (χ1v) is 4.80. The number of pyridine rings is 1. The molecule has 0 fully saturated rings. The van der Waals surface area contributed by atoms with E-state index >= 15 is 0 Å². The molecule has 1 aromatic rings. The Hall–Kier alpha value is -0.850. The predicted molar refractivity (Wildman–Crippen MR) is 52.2 cm³/mol. The van der Waals surface area contributed by atoms with Gasteiger partial charge in [-0.2, -0.15) is 0 Å². The van der Waals surface area contributed by atoms with E-state index in [2.05, 4.69) is 31.0 Å². The van der Waals surface area contributed by atoms with E-state index in [1.54, 1.807) is 0 Å². The van der Waals surface area contributed by atoms with Crippen LogP contribution in [0.2, 0.25) is 0 Å². The van der Waals surface area contributed by atoms with Gasteiger partial charge in [0.2, 0.25) is 0 Å². The number of aryl methyl sites for hydroxylation is 2. The fourth-order valence-corrected chi connectivity index (χ4v) is 1.30. The zero-order valence-corrected chi connectivity index (χ0v) is 8.01. The molecular weight excluding hydrogens is 146 g/mol. The first-order valence-electron chi connectivity index (χ1n) is 4.80. The van der Waals surface area contributed by atoms with E-state index < -0.39 is 0 Å². The van der Waals surface area contributed by atoms with Crippen LogP contribution in [-0.4, -0.2) is 4.98 Å². The fraction of sp³-hybridized carbons (Fsp3) is 0.545. The van der Waals surface area contributed by atoms with Gasteiger partial charge >= 0.3 is 0 Å². The van der Waals surface area contributed by atoms with Crippen LogP contribution in [0.1, 0.15) is 37.9 Å². The van der Waals surface area contributed by atoms with Gasteiger partial charge in [0.15, 0.2) is 0 Å². The lowest BCUT2D eigenvalue weighted by atomic mass is 10.1. The van der Waals surface area contributed by atoms with Crippen LogP contribution in [0, 0.1) is 0 Å². The van der Waals surface area contributed by atoms with Gasteiger partial charge in [-0.05, 0) is 24.5 Å². The Bertz CT molecular complexity index is 188. The van der Waals surface area contributed by atoms with Crippen molar-refractivity contribution in [1.29, 1.82) is 0 Å². The largest absolute Gasteiger partial charge is 0.261 e. The maximum atomic E-state index is 4.39. The van der Waals surface area contributed by atoms with Crippen molar-refractivity contribution in [3.05, 3.63) is 29.6 Å². The number of hydrogen-bond donors (Lipinski definition) is 0. The SMILES string of the molecule is CCCc1ccc(CCC)nc1. The Labute approximate surface area is 74.8 Å². The lowest BCUT2D eigenvalue weighted by molar-refractivity contribution is 0.864. The van der Waals surface area contributed by atoms with Crippen molar-refractivity contribution in [3.8, 4) is 0 Å². The highest BCUT2D eigenvalue weighted by molar-refractivity contribution is 5.14. The van der Waals surface area contributed by atoms with Crippen LogP contribution in [0.4, 0.5) is 0 Å². The van der Waals surface area contributed by atoms with Gasteiger partial charge in [0.25, 0.3) is 0 Å². The highest BCUT2D eigenvalue weighted by Gasteiger charge is 1.93. The van der Waals surface area contributed by atoms with E-state index in [0.29, 0.717) is 0 Å². The maximum absolute atomic E-state index is 4.39. The van der Waals surface area contributed by atoms with E-state index in [4.69, 9.17) is 0 Å². The molecule has 1 rings (SSSR count). The number of rotatable bonds is 4. The molecule has 0 radical (unpaired) electrons. The standard InChI is InChI=1S/C11H17N/c1-3-5-10-7-8-11(6-4-2)12-9-10/h7-9H,3-6H2,1-2H3. The van der Waals surface area contributed by atoms with Crippen LogP contribution in [0.3, 0.4) is 0 Å². The van der Waals surface area contributed by atoms with Gasteiger partial charge in [-0.3, -0.25) is 4.98 Å². The summed E-state index contributed by atoms with van der Waals surface area (Å²) in [5.41, 5.74) is 2.58. The summed E-state index contributed by atoms with van der Waals surface area (Å²) < 4.78 is 0. The molecule has 0 aliphatic heterocycles. The van der Waals surface area contributed by atoms with Crippen LogP contribution < -0.4 is 0 Å². The molecule has 0 N–H and O–H groups in total. The monoisotopic (exact) mass is 163 g/mol. The molecule has 0 bridgehead atoms. The molecule has 0 saturated heterocycles. The quantitative estimate of drug-likeness (QED) is 0.665. The zero-order chi connectivity index (χ0) is 8.81. The second-order valence-electron chi connectivity index (χ2n) is 3.16. The molecule has 12 heavy (non-hydrogen) atoms. The molecule has 0 aliphatic carbocycles. The zero-order valence-electron chi connectivity index (χ0n) is 8.01. The molecular formula is C11H17N.